The fraction of sp³-hybridized carbons (Fsp3) is 0.400. The largest absolute Gasteiger partial charge is 0.388 e. The van der Waals surface area contributed by atoms with Gasteiger partial charge in [0, 0.05) is 5.56 Å². The van der Waals surface area contributed by atoms with E-state index >= 15 is 0 Å². The Morgan fingerprint density at radius 1 is 1.13 bits per heavy atom. The standard InChI is InChI=1S/C20H18ClF2N3O3S/c21-10-6-14-19(24-13(10)5-4-9-11(22)2-1-3-12(9)23)26-20(25-14)30-16-8-29-17-15(27)7-28-18(16)17/h1-3,6,15-18,27H,4-5,7-8H2,(H,24,25,26)/t15-,16+,17-,18-/m1/s1. The van der Waals surface area contributed by atoms with E-state index in [1.807, 2.05) is 0 Å². The highest BCUT2D eigenvalue weighted by molar-refractivity contribution is 7.99. The van der Waals surface area contributed by atoms with Gasteiger partial charge < -0.3 is 19.6 Å². The summed E-state index contributed by atoms with van der Waals surface area (Å²) in [5.41, 5.74) is 1.70. The lowest BCUT2D eigenvalue weighted by Crippen LogP contribution is -2.29. The van der Waals surface area contributed by atoms with Gasteiger partial charge in [0.05, 0.1) is 34.7 Å². The summed E-state index contributed by atoms with van der Waals surface area (Å²) in [5, 5.41) is 10.9. The molecule has 0 amide bonds. The minimum Gasteiger partial charge on any atom is -0.388 e. The first kappa shape index (κ1) is 20.1. The van der Waals surface area contributed by atoms with Gasteiger partial charge in [-0.2, -0.15) is 0 Å². The Morgan fingerprint density at radius 3 is 2.70 bits per heavy atom. The van der Waals surface area contributed by atoms with Crippen molar-refractivity contribution in [2.45, 2.75) is 41.6 Å². The van der Waals surface area contributed by atoms with Crippen molar-refractivity contribution in [3.63, 3.8) is 0 Å². The number of halogens is 3. The van der Waals surface area contributed by atoms with Crippen LogP contribution in [-0.4, -0.2) is 56.8 Å². The van der Waals surface area contributed by atoms with E-state index in [9.17, 15) is 13.9 Å². The molecule has 4 heterocycles. The van der Waals surface area contributed by atoms with Crippen molar-refractivity contribution in [1.29, 1.82) is 0 Å². The summed E-state index contributed by atoms with van der Waals surface area (Å²) in [4.78, 5) is 12.2. The number of pyridine rings is 1. The van der Waals surface area contributed by atoms with E-state index < -0.39 is 17.7 Å². The average Bonchev–Trinajstić information content (AvgIpc) is 3.39. The monoisotopic (exact) mass is 453 g/mol. The summed E-state index contributed by atoms with van der Waals surface area (Å²) < 4.78 is 39.0. The topological polar surface area (TPSA) is 80.3 Å². The maximum atomic E-state index is 13.9. The zero-order valence-electron chi connectivity index (χ0n) is 15.6. The number of benzene rings is 1. The molecule has 0 spiro atoms. The molecule has 1 aromatic carbocycles. The summed E-state index contributed by atoms with van der Waals surface area (Å²) >= 11 is 7.82. The molecular weight excluding hydrogens is 436 g/mol. The number of ether oxygens (including phenoxy) is 2. The fourth-order valence-corrected chi connectivity index (χ4v) is 5.22. The minimum absolute atomic E-state index is 0.00619. The maximum absolute atomic E-state index is 13.9. The van der Waals surface area contributed by atoms with Crippen molar-refractivity contribution in [1.82, 2.24) is 15.0 Å². The molecule has 6 nitrogen and oxygen atoms in total. The number of aliphatic hydroxyl groups excluding tert-OH is 1. The van der Waals surface area contributed by atoms with Crippen LogP contribution >= 0.6 is 23.4 Å². The summed E-state index contributed by atoms with van der Waals surface area (Å²) in [6.07, 6.45) is -0.650. The molecule has 0 unspecified atom stereocenters. The molecule has 10 heteroatoms. The first-order valence-corrected chi connectivity index (χ1v) is 10.8. The van der Waals surface area contributed by atoms with Gasteiger partial charge in [-0.25, -0.2) is 18.7 Å². The molecule has 5 rings (SSSR count). The highest BCUT2D eigenvalue weighted by Gasteiger charge is 2.47. The molecular formula is C20H18ClF2N3O3S. The first-order valence-electron chi connectivity index (χ1n) is 9.55. The Bertz CT molecular complexity index is 1080. The molecule has 30 heavy (non-hydrogen) atoms. The van der Waals surface area contributed by atoms with Crippen LogP contribution in [0.15, 0.2) is 29.4 Å². The molecule has 2 aliphatic rings. The highest BCUT2D eigenvalue weighted by Crippen LogP contribution is 2.37. The minimum atomic E-state index is -0.599. The van der Waals surface area contributed by atoms with Crippen molar-refractivity contribution >= 4 is 34.5 Å². The van der Waals surface area contributed by atoms with Crippen LogP contribution in [0, 0.1) is 11.6 Å². The van der Waals surface area contributed by atoms with Gasteiger partial charge in [-0.3, -0.25) is 0 Å². The Labute approximate surface area is 180 Å². The zero-order chi connectivity index (χ0) is 20.8. The van der Waals surface area contributed by atoms with Crippen LogP contribution in [0.25, 0.3) is 11.2 Å². The number of hydrogen-bond acceptors (Lipinski definition) is 6. The Balaban J connectivity index is 1.33. The van der Waals surface area contributed by atoms with Crippen LogP contribution in [-0.2, 0) is 22.3 Å². The first-order chi connectivity index (χ1) is 14.5. The van der Waals surface area contributed by atoms with Crippen LogP contribution in [0.2, 0.25) is 5.02 Å². The number of aromatic amines is 1. The fourth-order valence-electron chi connectivity index (χ4n) is 3.87. The van der Waals surface area contributed by atoms with Crippen LogP contribution in [0.1, 0.15) is 11.3 Å². The lowest BCUT2D eigenvalue weighted by atomic mass is 10.1. The summed E-state index contributed by atoms with van der Waals surface area (Å²) in [5.74, 6) is -1.16. The van der Waals surface area contributed by atoms with E-state index in [0.717, 1.165) is 0 Å². The third-order valence-electron chi connectivity index (χ3n) is 5.40. The van der Waals surface area contributed by atoms with Gasteiger partial charge in [0.2, 0.25) is 0 Å². The Kier molecular flexibility index (Phi) is 5.40. The molecule has 2 aliphatic heterocycles. The second kappa shape index (κ2) is 8.05. The Morgan fingerprint density at radius 2 is 1.90 bits per heavy atom. The van der Waals surface area contributed by atoms with Crippen molar-refractivity contribution in [2.24, 2.45) is 0 Å². The second-order valence-corrected chi connectivity index (χ2v) is 8.98. The van der Waals surface area contributed by atoms with E-state index in [1.165, 1.54) is 30.0 Å². The highest BCUT2D eigenvalue weighted by atomic mass is 35.5. The number of aromatic nitrogens is 3. The van der Waals surface area contributed by atoms with Crippen molar-refractivity contribution < 1.29 is 23.4 Å². The number of H-pyrrole nitrogens is 1. The van der Waals surface area contributed by atoms with Crippen LogP contribution < -0.4 is 0 Å². The maximum Gasteiger partial charge on any atom is 0.178 e. The molecule has 0 radical (unpaired) electrons. The van der Waals surface area contributed by atoms with Gasteiger partial charge >= 0.3 is 0 Å². The number of thioether (sulfide) groups is 1. The quantitative estimate of drug-likeness (QED) is 0.617. The van der Waals surface area contributed by atoms with E-state index in [0.29, 0.717) is 33.6 Å². The van der Waals surface area contributed by atoms with E-state index in [2.05, 4.69) is 15.0 Å². The third kappa shape index (κ3) is 3.69. The molecule has 2 saturated heterocycles. The van der Waals surface area contributed by atoms with Gasteiger partial charge in [0.25, 0.3) is 0 Å². The van der Waals surface area contributed by atoms with Crippen molar-refractivity contribution in [3.05, 3.63) is 52.2 Å². The third-order valence-corrected chi connectivity index (χ3v) is 6.85. The molecule has 4 atom stereocenters. The van der Waals surface area contributed by atoms with Crippen LogP contribution in [0.3, 0.4) is 0 Å². The Hall–Kier alpha value is -1.78. The van der Waals surface area contributed by atoms with E-state index in [1.54, 1.807) is 6.07 Å². The molecule has 0 saturated carbocycles. The molecule has 2 N–H and O–H groups in total. The van der Waals surface area contributed by atoms with E-state index in [-0.39, 0.29) is 42.5 Å². The number of fused-ring (bicyclic) bond motifs is 2. The summed E-state index contributed by atoms with van der Waals surface area (Å²) in [6, 6.07) is 5.53. The number of aryl methyl sites for hydroxylation is 1. The summed E-state index contributed by atoms with van der Waals surface area (Å²) in [6.45, 7) is 0.734. The molecule has 0 aliphatic carbocycles. The smallest absolute Gasteiger partial charge is 0.178 e. The second-order valence-electron chi connectivity index (χ2n) is 7.35. The van der Waals surface area contributed by atoms with Gasteiger partial charge in [0.15, 0.2) is 10.8 Å². The number of nitrogens with one attached hydrogen (secondary N) is 1. The molecule has 2 fully saturated rings. The van der Waals surface area contributed by atoms with Crippen molar-refractivity contribution in [2.75, 3.05) is 13.2 Å². The molecule has 0 bridgehead atoms. The van der Waals surface area contributed by atoms with Crippen molar-refractivity contribution in [3.8, 4) is 0 Å². The van der Waals surface area contributed by atoms with Gasteiger partial charge in [0.1, 0.15) is 29.9 Å². The van der Waals surface area contributed by atoms with Gasteiger partial charge in [-0.05, 0) is 31.0 Å². The number of aliphatic hydroxyl groups is 1. The normalized spacial score (nSPS) is 25.9. The van der Waals surface area contributed by atoms with Gasteiger partial charge in [-0.15, -0.1) is 0 Å². The predicted octanol–water partition coefficient (Wildman–Crippen LogP) is 3.29. The lowest BCUT2D eigenvalue weighted by molar-refractivity contribution is 0.0188. The SMILES string of the molecule is O[C@@H]1CO[C@H]2[C@@H]1OC[C@@H]2Sc1nc2nc(CCc3c(F)cccc3F)c(Cl)cc2[nH]1. The van der Waals surface area contributed by atoms with Crippen LogP contribution in [0.4, 0.5) is 8.78 Å². The van der Waals surface area contributed by atoms with Crippen LogP contribution in [0.5, 0.6) is 0 Å². The number of hydrogen-bond donors (Lipinski definition) is 2. The zero-order valence-corrected chi connectivity index (χ0v) is 17.2. The molecule has 3 aromatic rings. The lowest BCUT2D eigenvalue weighted by Gasteiger charge is -2.13. The number of rotatable bonds is 5. The van der Waals surface area contributed by atoms with Gasteiger partial charge in [-0.1, -0.05) is 29.4 Å². The predicted molar refractivity (Wildman–Crippen MR) is 108 cm³/mol. The summed E-state index contributed by atoms with van der Waals surface area (Å²) in [7, 11) is 0. The number of imidazole rings is 1. The average molecular weight is 454 g/mol. The molecule has 158 valence electrons. The number of nitrogens with zero attached hydrogens (tertiary/aromatic N) is 2. The molecule has 2 aromatic heterocycles. The van der Waals surface area contributed by atoms with E-state index in [4.69, 9.17) is 21.1 Å².